The summed E-state index contributed by atoms with van der Waals surface area (Å²) in [5, 5.41) is 10.2. The number of hydrogen-bond acceptors (Lipinski definition) is 9. The van der Waals surface area contributed by atoms with Crippen molar-refractivity contribution in [2.75, 3.05) is 51.9 Å². The summed E-state index contributed by atoms with van der Waals surface area (Å²) in [5.41, 5.74) is 2.76. The number of carbonyl (C=O) groups excluding carboxylic acids is 1. The molecule has 1 saturated carbocycles. The number of anilines is 1. The Morgan fingerprint density at radius 3 is 2.46 bits per heavy atom. The maximum atomic E-state index is 13.5. The first kappa shape index (κ1) is 37.4. The number of halogens is 1. The smallest absolute Gasteiger partial charge is 0.264 e. The van der Waals surface area contributed by atoms with Crippen molar-refractivity contribution in [3.05, 3.63) is 58.1 Å². The fraction of sp³-hybridized carbons (Fsp3) is 0.658. The molecule has 2 fully saturated rings. The average Bonchev–Trinajstić information content (AvgIpc) is 3.11. The van der Waals surface area contributed by atoms with E-state index in [0.717, 1.165) is 69.3 Å². The highest BCUT2D eigenvalue weighted by molar-refractivity contribution is 7.90. The monoisotopic (exact) mass is 731 g/mol. The van der Waals surface area contributed by atoms with Crippen LogP contribution in [0, 0.1) is 23.7 Å². The molecule has 1 aliphatic carbocycles. The Morgan fingerprint density at radius 2 is 1.76 bits per heavy atom. The highest BCUT2D eigenvalue weighted by atomic mass is 35.5. The number of amides is 1. The molecular formula is C38H54ClN3O7S. The van der Waals surface area contributed by atoms with E-state index in [0.29, 0.717) is 48.8 Å². The number of benzene rings is 2. The van der Waals surface area contributed by atoms with Crippen molar-refractivity contribution < 1.29 is 32.5 Å². The second-order valence-corrected chi connectivity index (χ2v) is 17.8. The second-order valence-electron chi connectivity index (χ2n) is 15.3. The molecule has 0 unspecified atom stereocenters. The first-order valence-electron chi connectivity index (χ1n) is 18.3. The van der Waals surface area contributed by atoms with Gasteiger partial charge in [-0.05, 0) is 125 Å². The van der Waals surface area contributed by atoms with Crippen LogP contribution in [0.25, 0.3) is 0 Å². The van der Waals surface area contributed by atoms with E-state index < -0.39 is 33.0 Å². The number of fused-ring (bicyclic) bond motifs is 3. The molecule has 1 saturated heterocycles. The first-order valence-corrected chi connectivity index (χ1v) is 20.2. The molecule has 0 aromatic heterocycles. The first-order chi connectivity index (χ1) is 23.9. The minimum atomic E-state index is -3.94. The van der Waals surface area contributed by atoms with Gasteiger partial charge in [-0.1, -0.05) is 31.0 Å². The number of rotatable bonds is 3. The van der Waals surface area contributed by atoms with Gasteiger partial charge in [0.25, 0.3) is 5.91 Å². The lowest BCUT2D eigenvalue weighted by Crippen LogP contribution is -2.60. The van der Waals surface area contributed by atoms with Crippen LogP contribution in [0.5, 0.6) is 5.75 Å². The Morgan fingerprint density at radius 1 is 0.980 bits per heavy atom. The number of carbonyl (C=O) groups is 1. The van der Waals surface area contributed by atoms with Crippen molar-refractivity contribution in [2.24, 2.45) is 23.7 Å². The van der Waals surface area contributed by atoms with Gasteiger partial charge in [0.05, 0.1) is 36.3 Å². The quantitative estimate of drug-likeness (QED) is 0.414. The van der Waals surface area contributed by atoms with Crippen LogP contribution in [-0.4, -0.2) is 88.4 Å². The van der Waals surface area contributed by atoms with Crippen LogP contribution in [-0.2, 0) is 32.5 Å². The number of aliphatic hydroxyl groups is 1. The van der Waals surface area contributed by atoms with Crippen LogP contribution >= 0.6 is 11.6 Å². The van der Waals surface area contributed by atoms with E-state index >= 15 is 0 Å². The van der Waals surface area contributed by atoms with E-state index in [9.17, 15) is 18.3 Å². The van der Waals surface area contributed by atoms with Gasteiger partial charge in [-0.15, -0.1) is 0 Å². The lowest BCUT2D eigenvalue weighted by atomic mass is 9.65. The number of aryl methyl sites for hydroxylation is 1. The van der Waals surface area contributed by atoms with Crippen molar-refractivity contribution in [2.45, 2.75) is 88.9 Å². The zero-order valence-corrected chi connectivity index (χ0v) is 31.5. The molecule has 4 aliphatic rings. The van der Waals surface area contributed by atoms with Gasteiger partial charge in [0.1, 0.15) is 12.4 Å². The van der Waals surface area contributed by atoms with Gasteiger partial charge in [-0.25, -0.2) is 13.1 Å². The number of ether oxygens (including phenoxy) is 3. The Hall–Kier alpha value is -2.41. The molecule has 1 amide bonds. The largest absolute Gasteiger partial charge is 0.487 e. The third-order valence-corrected chi connectivity index (χ3v) is 14.2. The van der Waals surface area contributed by atoms with E-state index in [4.69, 9.17) is 25.8 Å². The maximum absolute atomic E-state index is 13.5. The molecule has 2 N–H and O–H groups in total. The summed E-state index contributed by atoms with van der Waals surface area (Å²) in [7, 11) is -0.0603. The fourth-order valence-electron chi connectivity index (χ4n) is 8.10. The second kappa shape index (κ2) is 15.7. The Balaban J connectivity index is 1.34. The molecule has 0 radical (unpaired) electrons. The predicted octanol–water partition coefficient (Wildman–Crippen LogP) is 5.64. The third kappa shape index (κ3) is 7.98. The number of nitrogens with zero attached hydrogens (tertiary/aromatic N) is 2. The van der Waals surface area contributed by atoms with Gasteiger partial charge in [0, 0.05) is 29.6 Å². The van der Waals surface area contributed by atoms with Crippen LogP contribution in [0.4, 0.5) is 5.69 Å². The van der Waals surface area contributed by atoms with Gasteiger partial charge in [-0.2, -0.15) is 0 Å². The van der Waals surface area contributed by atoms with E-state index in [1.807, 2.05) is 44.1 Å². The van der Waals surface area contributed by atoms with Crippen LogP contribution in [0.15, 0.2) is 36.4 Å². The normalized spacial score (nSPS) is 32.4. The Bertz CT molecular complexity index is 1610. The van der Waals surface area contributed by atoms with E-state index in [1.165, 1.54) is 5.56 Å². The molecular weight excluding hydrogens is 678 g/mol. The minimum absolute atomic E-state index is 0.0552. The Labute approximate surface area is 302 Å². The molecule has 10 nitrogen and oxygen atoms in total. The SMILES string of the molecule is C[C@@H]1[C@@H](C)CCC[C@@H]([C@H]2OC[C@@](CO)(N(C)C)CO2)[C@@H]2CC[C@H]2CN2CCCCc3cc(Cl)ccc3COc3ccc(cc32)C(=O)NS1(=O)=O. The summed E-state index contributed by atoms with van der Waals surface area (Å²) in [6, 6.07) is 11.2. The van der Waals surface area contributed by atoms with Crippen LogP contribution in [0.1, 0.15) is 80.3 Å². The number of sulfonamides is 1. The lowest BCUT2D eigenvalue weighted by molar-refractivity contribution is -0.267. The van der Waals surface area contributed by atoms with Crippen molar-refractivity contribution in [1.29, 1.82) is 0 Å². The molecule has 2 bridgehead atoms. The van der Waals surface area contributed by atoms with Crippen LogP contribution in [0.3, 0.4) is 0 Å². The molecule has 0 spiro atoms. The van der Waals surface area contributed by atoms with Crippen molar-refractivity contribution in [3.63, 3.8) is 0 Å². The van der Waals surface area contributed by atoms with E-state index in [2.05, 4.69) is 9.62 Å². The van der Waals surface area contributed by atoms with Gasteiger partial charge in [0.2, 0.25) is 10.0 Å². The Kier molecular flexibility index (Phi) is 11.7. The number of hydrogen-bond donors (Lipinski definition) is 2. The molecule has 50 heavy (non-hydrogen) atoms. The van der Waals surface area contributed by atoms with Crippen LogP contribution < -0.4 is 14.4 Å². The summed E-state index contributed by atoms with van der Waals surface area (Å²) in [5.74, 6) is 0.727. The summed E-state index contributed by atoms with van der Waals surface area (Å²) in [6.45, 7) is 6.23. The standard InChI is InChI=1S/C38H54ClN3O7S/c1-25-8-7-10-33(37-48-23-38(22-43,24-49-37)41(3)4)32-15-12-29(32)20-42-17-6-5-9-27-18-31(39)14-11-30(27)21-47-35-16-13-28(19-34(35)42)36(44)40-50(45,46)26(25)2/h11,13-14,16,18-19,25-26,29,32-33,37,43H,5-10,12,15,17,20-24H2,1-4H3,(H,40,44)/t25-,26+,29-,32+,33+,37-,38+/m0/s1. The van der Waals surface area contributed by atoms with Gasteiger partial charge < -0.3 is 24.2 Å². The van der Waals surface area contributed by atoms with Gasteiger partial charge in [-0.3, -0.25) is 9.69 Å². The number of likely N-dealkylation sites (N-methyl/N-ethyl adjacent to an activating group) is 1. The number of nitrogens with one attached hydrogen (secondary N) is 1. The maximum Gasteiger partial charge on any atom is 0.264 e. The zero-order valence-electron chi connectivity index (χ0n) is 29.9. The summed E-state index contributed by atoms with van der Waals surface area (Å²) in [6.07, 6.45) is 6.88. The third-order valence-electron chi connectivity index (χ3n) is 12.1. The van der Waals surface area contributed by atoms with Crippen LogP contribution in [0.2, 0.25) is 5.02 Å². The minimum Gasteiger partial charge on any atom is -0.487 e. The molecule has 3 heterocycles. The van der Waals surface area contributed by atoms with Crippen molar-refractivity contribution >= 4 is 33.2 Å². The lowest BCUT2D eigenvalue weighted by Gasteiger charge is -2.50. The molecule has 5 atom stereocenters. The molecule has 6 rings (SSSR count). The molecule has 2 aromatic rings. The number of aliphatic hydroxyl groups excluding tert-OH is 1. The molecule has 2 aromatic carbocycles. The van der Waals surface area contributed by atoms with Crippen molar-refractivity contribution in [3.8, 4) is 5.75 Å². The fourth-order valence-corrected chi connectivity index (χ4v) is 9.60. The molecule has 3 aliphatic heterocycles. The topological polar surface area (TPSA) is 118 Å². The zero-order chi connectivity index (χ0) is 35.6. The summed E-state index contributed by atoms with van der Waals surface area (Å²) < 4.78 is 48.8. The predicted molar refractivity (Wildman–Crippen MR) is 195 cm³/mol. The highest BCUT2D eigenvalue weighted by Gasteiger charge is 2.46. The summed E-state index contributed by atoms with van der Waals surface area (Å²) in [4.78, 5) is 17.9. The highest BCUT2D eigenvalue weighted by Crippen LogP contribution is 2.47. The average molecular weight is 732 g/mol. The van der Waals surface area contributed by atoms with E-state index in [-0.39, 0.29) is 24.0 Å². The van der Waals surface area contributed by atoms with Gasteiger partial charge in [0.15, 0.2) is 6.29 Å². The van der Waals surface area contributed by atoms with Gasteiger partial charge >= 0.3 is 0 Å². The van der Waals surface area contributed by atoms with Crippen molar-refractivity contribution in [1.82, 2.24) is 9.62 Å². The summed E-state index contributed by atoms with van der Waals surface area (Å²) >= 11 is 6.38. The molecule has 276 valence electrons. The molecule has 12 heteroatoms. The van der Waals surface area contributed by atoms with E-state index in [1.54, 1.807) is 25.1 Å².